The number of rotatable bonds is 2. The summed E-state index contributed by atoms with van der Waals surface area (Å²) in [6.07, 6.45) is 1.44. The third-order valence-corrected chi connectivity index (χ3v) is 2.48. The van der Waals surface area contributed by atoms with Gasteiger partial charge in [-0.05, 0) is 18.2 Å². The highest BCUT2D eigenvalue weighted by Crippen LogP contribution is 2.24. The lowest BCUT2D eigenvalue weighted by molar-refractivity contribution is 0.790. The second-order valence-electron chi connectivity index (χ2n) is 2.89. The summed E-state index contributed by atoms with van der Waals surface area (Å²) < 4.78 is 1.60. The summed E-state index contributed by atoms with van der Waals surface area (Å²) in [5, 5.41) is 5.14. The van der Waals surface area contributed by atoms with Gasteiger partial charge in [-0.1, -0.05) is 23.2 Å². The third-order valence-electron chi connectivity index (χ3n) is 1.94. The van der Waals surface area contributed by atoms with Crippen molar-refractivity contribution in [3.05, 3.63) is 40.4 Å². The number of hydrogen-bond donors (Lipinski definition) is 1. The largest absolute Gasteiger partial charge is 0.324 e. The average molecular weight is 243 g/mol. The monoisotopic (exact) mass is 242 g/mol. The summed E-state index contributed by atoms with van der Waals surface area (Å²) in [6, 6.07) is 5.17. The van der Waals surface area contributed by atoms with Crippen molar-refractivity contribution in [1.82, 2.24) is 14.8 Å². The smallest absolute Gasteiger partial charge is 0.146 e. The van der Waals surface area contributed by atoms with E-state index in [-0.39, 0.29) is 0 Å². The van der Waals surface area contributed by atoms with E-state index in [1.54, 1.807) is 22.9 Å². The molecule has 0 fully saturated rings. The maximum absolute atomic E-state index is 6.04. The first-order valence-electron chi connectivity index (χ1n) is 4.27. The highest BCUT2D eigenvalue weighted by Gasteiger charge is 2.08. The maximum atomic E-state index is 6.04. The zero-order valence-corrected chi connectivity index (χ0v) is 9.20. The van der Waals surface area contributed by atoms with Crippen LogP contribution in [0.1, 0.15) is 5.82 Å². The lowest BCUT2D eigenvalue weighted by Gasteiger charge is -2.06. The van der Waals surface area contributed by atoms with Crippen molar-refractivity contribution in [2.24, 2.45) is 5.73 Å². The molecular weight excluding hydrogens is 235 g/mol. The van der Waals surface area contributed by atoms with Gasteiger partial charge in [-0.15, -0.1) is 0 Å². The number of nitrogens with two attached hydrogens (primary N) is 1. The van der Waals surface area contributed by atoms with E-state index in [2.05, 4.69) is 10.1 Å². The summed E-state index contributed by atoms with van der Waals surface area (Å²) in [5.41, 5.74) is 6.24. The normalized spacial score (nSPS) is 10.6. The van der Waals surface area contributed by atoms with Crippen LogP contribution in [-0.2, 0) is 6.54 Å². The Morgan fingerprint density at radius 3 is 2.80 bits per heavy atom. The molecule has 1 aromatic carbocycles. The fourth-order valence-electron chi connectivity index (χ4n) is 1.26. The van der Waals surface area contributed by atoms with Crippen LogP contribution in [0.25, 0.3) is 5.69 Å². The molecule has 2 aromatic rings. The molecule has 0 saturated carbocycles. The van der Waals surface area contributed by atoms with Crippen LogP contribution in [0.4, 0.5) is 0 Å². The molecule has 1 aromatic heterocycles. The summed E-state index contributed by atoms with van der Waals surface area (Å²) in [6.45, 7) is 0.305. The first-order chi connectivity index (χ1) is 7.22. The lowest BCUT2D eigenvalue weighted by Crippen LogP contribution is -2.08. The van der Waals surface area contributed by atoms with E-state index >= 15 is 0 Å². The van der Waals surface area contributed by atoms with Gasteiger partial charge in [-0.3, -0.25) is 0 Å². The zero-order chi connectivity index (χ0) is 10.8. The molecule has 0 aliphatic carbocycles. The molecule has 0 aliphatic rings. The van der Waals surface area contributed by atoms with Crippen LogP contribution in [0, 0.1) is 0 Å². The predicted molar refractivity (Wildman–Crippen MR) is 59.3 cm³/mol. The Bertz CT molecular complexity index is 481. The molecule has 0 radical (unpaired) electrons. The van der Waals surface area contributed by atoms with E-state index in [9.17, 15) is 0 Å². The Labute approximate surface area is 96.6 Å². The fourth-order valence-corrected chi connectivity index (χ4v) is 1.75. The van der Waals surface area contributed by atoms with Crippen molar-refractivity contribution < 1.29 is 0 Å². The van der Waals surface area contributed by atoms with Gasteiger partial charge < -0.3 is 5.73 Å². The number of aromatic nitrogens is 3. The van der Waals surface area contributed by atoms with E-state index in [0.29, 0.717) is 22.4 Å². The minimum atomic E-state index is 0.305. The molecule has 6 heteroatoms. The Hall–Kier alpha value is -1.10. The van der Waals surface area contributed by atoms with Gasteiger partial charge in [0.2, 0.25) is 0 Å². The summed E-state index contributed by atoms with van der Waals surface area (Å²) in [5.74, 6) is 0.652. The van der Waals surface area contributed by atoms with Crippen molar-refractivity contribution in [2.75, 3.05) is 0 Å². The first-order valence-corrected chi connectivity index (χ1v) is 5.02. The Morgan fingerprint density at radius 1 is 1.33 bits per heavy atom. The second kappa shape index (κ2) is 4.18. The SMILES string of the molecule is NCc1ncnn1-c1ccc(Cl)cc1Cl. The molecule has 0 saturated heterocycles. The first kappa shape index (κ1) is 10.4. The minimum absolute atomic E-state index is 0.305. The summed E-state index contributed by atoms with van der Waals surface area (Å²) in [7, 11) is 0. The quantitative estimate of drug-likeness (QED) is 0.877. The fraction of sp³-hybridized carbons (Fsp3) is 0.111. The number of halogens is 2. The number of nitrogens with zero attached hydrogens (tertiary/aromatic N) is 3. The highest BCUT2D eigenvalue weighted by molar-refractivity contribution is 6.35. The molecule has 4 nitrogen and oxygen atoms in total. The molecule has 2 rings (SSSR count). The van der Waals surface area contributed by atoms with Gasteiger partial charge in [0.1, 0.15) is 12.2 Å². The van der Waals surface area contributed by atoms with Gasteiger partial charge >= 0.3 is 0 Å². The van der Waals surface area contributed by atoms with Gasteiger partial charge in [-0.2, -0.15) is 5.10 Å². The van der Waals surface area contributed by atoms with Crippen molar-refractivity contribution in [1.29, 1.82) is 0 Å². The molecule has 2 N–H and O–H groups in total. The number of hydrogen-bond acceptors (Lipinski definition) is 3. The predicted octanol–water partition coefficient (Wildman–Crippen LogP) is 2.03. The molecule has 0 bridgehead atoms. The second-order valence-corrected chi connectivity index (χ2v) is 3.73. The molecule has 0 aliphatic heterocycles. The van der Waals surface area contributed by atoms with Crippen molar-refractivity contribution in [3.8, 4) is 5.69 Å². The van der Waals surface area contributed by atoms with Crippen LogP contribution in [0.2, 0.25) is 10.0 Å². The number of benzene rings is 1. The van der Waals surface area contributed by atoms with Crippen LogP contribution in [0.5, 0.6) is 0 Å². The van der Waals surface area contributed by atoms with Gasteiger partial charge in [-0.25, -0.2) is 9.67 Å². The Morgan fingerprint density at radius 2 is 2.13 bits per heavy atom. The maximum Gasteiger partial charge on any atom is 0.146 e. The molecule has 0 unspecified atom stereocenters. The van der Waals surface area contributed by atoms with Gasteiger partial charge in [0.05, 0.1) is 17.3 Å². The zero-order valence-electron chi connectivity index (χ0n) is 7.69. The molecule has 78 valence electrons. The van der Waals surface area contributed by atoms with Crippen molar-refractivity contribution in [2.45, 2.75) is 6.54 Å². The third kappa shape index (κ3) is 1.97. The Kier molecular flexibility index (Phi) is 2.90. The van der Waals surface area contributed by atoms with Gasteiger partial charge in [0.15, 0.2) is 0 Å². The molecule has 15 heavy (non-hydrogen) atoms. The van der Waals surface area contributed by atoms with E-state index < -0.39 is 0 Å². The molecule has 0 spiro atoms. The molecular formula is C9H8Cl2N4. The van der Waals surface area contributed by atoms with Crippen LogP contribution >= 0.6 is 23.2 Å². The van der Waals surface area contributed by atoms with Crippen LogP contribution < -0.4 is 5.73 Å². The van der Waals surface area contributed by atoms with Crippen LogP contribution in [0.15, 0.2) is 24.5 Å². The molecule has 0 amide bonds. The van der Waals surface area contributed by atoms with E-state index in [4.69, 9.17) is 28.9 Å². The standard InChI is InChI=1S/C9H8Cl2N4/c10-6-1-2-8(7(11)3-6)15-9(4-12)13-5-14-15/h1-3,5H,4,12H2. The Balaban J connectivity index is 2.54. The van der Waals surface area contributed by atoms with Crippen LogP contribution in [0.3, 0.4) is 0 Å². The van der Waals surface area contributed by atoms with E-state index in [0.717, 1.165) is 5.69 Å². The summed E-state index contributed by atoms with van der Waals surface area (Å²) in [4.78, 5) is 4.01. The lowest BCUT2D eigenvalue weighted by atomic mass is 10.3. The van der Waals surface area contributed by atoms with E-state index in [1.165, 1.54) is 6.33 Å². The van der Waals surface area contributed by atoms with E-state index in [1.807, 2.05) is 0 Å². The molecule has 0 atom stereocenters. The summed E-state index contributed by atoms with van der Waals surface area (Å²) >= 11 is 11.8. The average Bonchev–Trinajstić information content (AvgIpc) is 2.65. The topological polar surface area (TPSA) is 56.7 Å². The minimum Gasteiger partial charge on any atom is -0.324 e. The van der Waals surface area contributed by atoms with Crippen LogP contribution in [-0.4, -0.2) is 14.8 Å². The van der Waals surface area contributed by atoms with Gasteiger partial charge in [0, 0.05) is 5.02 Å². The highest BCUT2D eigenvalue weighted by atomic mass is 35.5. The van der Waals surface area contributed by atoms with Crippen molar-refractivity contribution in [3.63, 3.8) is 0 Å². The molecule has 1 heterocycles. The van der Waals surface area contributed by atoms with Crippen molar-refractivity contribution >= 4 is 23.2 Å². The van der Waals surface area contributed by atoms with Gasteiger partial charge in [0.25, 0.3) is 0 Å².